The molecule has 0 saturated heterocycles. The SMILES string of the molecule is CCN(C(=O)c1ccc(NCCc2cccc(OC)c2)cn1)c1ccccc1. The molecule has 0 saturated carbocycles. The third kappa shape index (κ3) is 4.88. The van der Waals surface area contributed by atoms with Crippen molar-refractivity contribution in [2.45, 2.75) is 13.3 Å². The van der Waals surface area contributed by atoms with E-state index in [2.05, 4.69) is 16.4 Å². The first-order valence-electron chi connectivity index (χ1n) is 9.41. The third-order valence-corrected chi connectivity index (χ3v) is 4.49. The molecule has 0 fully saturated rings. The number of aromatic nitrogens is 1. The van der Waals surface area contributed by atoms with Crippen LogP contribution in [-0.2, 0) is 6.42 Å². The second kappa shape index (κ2) is 9.55. The number of hydrogen-bond donors (Lipinski definition) is 1. The van der Waals surface area contributed by atoms with Gasteiger partial charge in [-0.1, -0.05) is 30.3 Å². The standard InChI is InChI=1S/C23H25N3O2/c1-3-26(20-9-5-4-6-10-20)23(27)22-13-12-19(17-25-22)24-15-14-18-8-7-11-21(16-18)28-2/h4-13,16-17,24H,3,14-15H2,1-2H3. The molecular weight excluding hydrogens is 350 g/mol. The molecule has 5 heteroatoms. The van der Waals surface area contributed by atoms with E-state index in [9.17, 15) is 4.79 Å². The van der Waals surface area contributed by atoms with Gasteiger partial charge in [0.15, 0.2) is 0 Å². The second-order valence-electron chi connectivity index (χ2n) is 6.35. The maximum atomic E-state index is 12.8. The molecule has 0 spiro atoms. The molecule has 3 aromatic rings. The highest BCUT2D eigenvalue weighted by Crippen LogP contribution is 2.17. The van der Waals surface area contributed by atoms with E-state index >= 15 is 0 Å². The Balaban J connectivity index is 1.59. The van der Waals surface area contributed by atoms with Crippen LogP contribution >= 0.6 is 0 Å². The van der Waals surface area contributed by atoms with E-state index in [0.717, 1.165) is 30.1 Å². The lowest BCUT2D eigenvalue weighted by atomic mass is 10.1. The molecule has 28 heavy (non-hydrogen) atoms. The van der Waals surface area contributed by atoms with Crippen molar-refractivity contribution in [3.8, 4) is 5.75 Å². The zero-order valence-corrected chi connectivity index (χ0v) is 16.3. The Bertz CT molecular complexity index is 895. The molecule has 5 nitrogen and oxygen atoms in total. The molecule has 0 bridgehead atoms. The van der Waals surface area contributed by atoms with Crippen molar-refractivity contribution in [1.82, 2.24) is 4.98 Å². The van der Waals surface area contributed by atoms with Gasteiger partial charge in [0.25, 0.3) is 5.91 Å². The van der Waals surface area contributed by atoms with E-state index in [1.807, 2.05) is 61.5 Å². The van der Waals surface area contributed by atoms with Gasteiger partial charge in [-0.05, 0) is 55.3 Å². The molecule has 0 atom stereocenters. The molecule has 1 aromatic heterocycles. The predicted molar refractivity (Wildman–Crippen MR) is 113 cm³/mol. The van der Waals surface area contributed by atoms with Crippen LogP contribution in [0.4, 0.5) is 11.4 Å². The van der Waals surface area contributed by atoms with Gasteiger partial charge in [-0.2, -0.15) is 0 Å². The highest BCUT2D eigenvalue weighted by atomic mass is 16.5. The molecule has 1 amide bonds. The van der Waals surface area contributed by atoms with Gasteiger partial charge in [-0.15, -0.1) is 0 Å². The quantitative estimate of drug-likeness (QED) is 0.634. The molecule has 1 N–H and O–H groups in total. The van der Waals surface area contributed by atoms with Crippen LogP contribution in [0, 0.1) is 0 Å². The van der Waals surface area contributed by atoms with Gasteiger partial charge < -0.3 is 15.0 Å². The van der Waals surface area contributed by atoms with Gasteiger partial charge in [-0.3, -0.25) is 4.79 Å². The van der Waals surface area contributed by atoms with Crippen LogP contribution in [-0.4, -0.2) is 31.1 Å². The maximum absolute atomic E-state index is 12.8. The van der Waals surface area contributed by atoms with E-state index in [0.29, 0.717) is 12.2 Å². The zero-order chi connectivity index (χ0) is 19.8. The molecule has 144 valence electrons. The number of carbonyl (C=O) groups excluding carboxylic acids is 1. The van der Waals surface area contributed by atoms with Crippen molar-refractivity contribution in [3.63, 3.8) is 0 Å². The third-order valence-electron chi connectivity index (χ3n) is 4.49. The topological polar surface area (TPSA) is 54.5 Å². The fourth-order valence-corrected chi connectivity index (χ4v) is 2.99. The Kier molecular flexibility index (Phi) is 6.63. The average molecular weight is 375 g/mol. The van der Waals surface area contributed by atoms with Crippen molar-refractivity contribution in [3.05, 3.63) is 84.2 Å². The molecule has 0 radical (unpaired) electrons. The summed E-state index contributed by atoms with van der Waals surface area (Å²) in [5.74, 6) is 0.762. The summed E-state index contributed by atoms with van der Waals surface area (Å²) in [7, 11) is 1.67. The van der Waals surface area contributed by atoms with Gasteiger partial charge >= 0.3 is 0 Å². The largest absolute Gasteiger partial charge is 0.497 e. The van der Waals surface area contributed by atoms with Crippen molar-refractivity contribution in [2.24, 2.45) is 0 Å². The summed E-state index contributed by atoms with van der Waals surface area (Å²) < 4.78 is 5.25. The predicted octanol–water partition coefficient (Wildman–Crippen LogP) is 4.41. The van der Waals surface area contributed by atoms with Crippen LogP contribution in [0.25, 0.3) is 0 Å². The van der Waals surface area contributed by atoms with Gasteiger partial charge in [-0.25, -0.2) is 4.98 Å². The zero-order valence-electron chi connectivity index (χ0n) is 16.3. The first-order valence-corrected chi connectivity index (χ1v) is 9.41. The van der Waals surface area contributed by atoms with Gasteiger partial charge in [0.1, 0.15) is 11.4 Å². The highest BCUT2D eigenvalue weighted by molar-refractivity contribution is 6.04. The van der Waals surface area contributed by atoms with Crippen molar-refractivity contribution in [1.29, 1.82) is 0 Å². The number of nitrogens with one attached hydrogen (secondary N) is 1. The van der Waals surface area contributed by atoms with E-state index in [1.165, 1.54) is 5.56 Å². The Morgan fingerprint density at radius 1 is 1.07 bits per heavy atom. The molecule has 0 aliphatic rings. The molecule has 3 rings (SSSR count). The number of nitrogens with zero attached hydrogens (tertiary/aromatic N) is 2. The number of carbonyl (C=O) groups is 1. The fourth-order valence-electron chi connectivity index (χ4n) is 2.99. The number of amides is 1. The van der Waals surface area contributed by atoms with E-state index < -0.39 is 0 Å². The molecule has 0 aliphatic heterocycles. The molecule has 1 heterocycles. The van der Waals surface area contributed by atoms with Gasteiger partial charge in [0, 0.05) is 18.8 Å². The average Bonchev–Trinajstić information content (AvgIpc) is 2.75. The molecular formula is C23H25N3O2. The Morgan fingerprint density at radius 2 is 1.89 bits per heavy atom. The van der Waals surface area contributed by atoms with Gasteiger partial charge in [0.05, 0.1) is 19.0 Å². The van der Waals surface area contributed by atoms with E-state index in [4.69, 9.17) is 4.74 Å². The van der Waals surface area contributed by atoms with Crippen molar-refractivity contribution < 1.29 is 9.53 Å². The van der Waals surface area contributed by atoms with Crippen LogP contribution in [0.5, 0.6) is 5.75 Å². The Hall–Kier alpha value is -3.34. The Labute approximate surface area is 166 Å². The van der Waals surface area contributed by atoms with Crippen LogP contribution in [0.2, 0.25) is 0 Å². The van der Waals surface area contributed by atoms with E-state index in [1.54, 1.807) is 24.3 Å². The monoisotopic (exact) mass is 375 g/mol. The van der Waals surface area contributed by atoms with Crippen molar-refractivity contribution >= 4 is 17.3 Å². The minimum atomic E-state index is -0.100. The van der Waals surface area contributed by atoms with Gasteiger partial charge in [0.2, 0.25) is 0 Å². The summed E-state index contributed by atoms with van der Waals surface area (Å²) in [6.45, 7) is 3.32. The molecule has 0 aliphatic carbocycles. The number of hydrogen-bond acceptors (Lipinski definition) is 4. The smallest absolute Gasteiger partial charge is 0.276 e. The second-order valence-corrected chi connectivity index (χ2v) is 6.35. The number of anilines is 2. The number of benzene rings is 2. The van der Waals surface area contributed by atoms with Crippen LogP contribution in [0.15, 0.2) is 72.9 Å². The summed E-state index contributed by atoms with van der Waals surface area (Å²) in [6, 6.07) is 21.3. The summed E-state index contributed by atoms with van der Waals surface area (Å²) in [6.07, 6.45) is 2.58. The first-order chi connectivity index (χ1) is 13.7. The summed E-state index contributed by atoms with van der Waals surface area (Å²) in [5.41, 5.74) is 3.40. The summed E-state index contributed by atoms with van der Waals surface area (Å²) >= 11 is 0. The lowest BCUT2D eigenvalue weighted by Crippen LogP contribution is -2.31. The lowest BCUT2D eigenvalue weighted by molar-refractivity contribution is 0.0983. The normalized spacial score (nSPS) is 10.4. The van der Waals surface area contributed by atoms with Crippen LogP contribution in [0.3, 0.4) is 0 Å². The number of rotatable bonds is 8. The highest BCUT2D eigenvalue weighted by Gasteiger charge is 2.16. The van der Waals surface area contributed by atoms with E-state index in [-0.39, 0.29) is 5.91 Å². The van der Waals surface area contributed by atoms with Crippen molar-refractivity contribution in [2.75, 3.05) is 30.4 Å². The summed E-state index contributed by atoms with van der Waals surface area (Å²) in [5, 5.41) is 3.34. The number of pyridine rings is 1. The first kappa shape index (κ1) is 19.4. The summed E-state index contributed by atoms with van der Waals surface area (Å²) in [4.78, 5) is 18.9. The number of para-hydroxylation sites is 1. The fraction of sp³-hybridized carbons (Fsp3) is 0.217. The maximum Gasteiger partial charge on any atom is 0.276 e. The number of methoxy groups -OCH3 is 1. The van der Waals surface area contributed by atoms with Crippen LogP contribution in [0.1, 0.15) is 23.0 Å². The Morgan fingerprint density at radius 3 is 2.57 bits per heavy atom. The molecule has 2 aromatic carbocycles. The lowest BCUT2D eigenvalue weighted by Gasteiger charge is -2.20. The minimum Gasteiger partial charge on any atom is -0.497 e. The molecule has 0 unspecified atom stereocenters. The van der Waals surface area contributed by atoms with Crippen LogP contribution < -0.4 is 15.0 Å². The number of ether oxygens (including phenoxy) is 1. The minimum absolute atomic E-state index is 0.100.